The predicted molar refractivity (Wildman–Crippen MR) is 94.9 cm³/mol. The summed E-state index contributed by atoms with van der Waals surface area (Å²) in [5, 5.41) is 5.32. The first kappa shape index (κ1) is 17.9. The molecule has 2 rings (SSSR count). The SMILES string of the molecule is CC/C=C/C(=O)OCc1csc(CC(=O)Nc2ccc(C)cc2)n1. The molecule has 0 spiro atoms. The standard InChI is InChI=1S/C18H20N2O3S/c1-3-4-5-18(22)23-11-15-12-24-17(20-15)10-16(21)19-14-8-6-13(2)7-9-14/h4-9,12H,3,10-11H2,1-2H3,(H,19,21)/b5-4+. The summed E-state index contributed by atoms with van der Waals surface area (Å²) in [6.45, 7) is 4.05. The Balaban J connectivity index is 1.82. The molecule has 1 heterocycles. The molecule has 2 aromatic rings. The van der Waals surface area contributed by atoms with E-state index in [-0.39, 0.29) is 24.9 Å². The minimum Gasteiger partial charge on any atom is -0.456 e. The van der Waals surface area contributed by atoms with Gasteiger partial charge >= 0.3 is 5.97 Å². The van der Waals surface area contributed by atoms with Crippen LogP contribution in [0, 0.1) is 6.92 Å². The Morgan fingerprint density at radius 1 is 1.29 bits per heavy atom. The quantitative estimate of drug-likeness (QED) is 0.615. The molecule has 5 nitrogen and oxygen atoms in total. The van der Waals surface area contributed by atoms with Crippen LogP contribution in [-0.4, -0.2) is 16.9 Å². The number of aryl methyl sites for hydroxylation is 1. The molecule has 126 valence electrons. The van der Waals surface area contributed by atoms with Crippen molar-refractivity contribution in [1.82, 2.24) is 4.98 Å². The molecule has 1 aromatic heterocycles. The maximum absolute atomic E-state index is 12.0. The smallest absolute Gasteiger partial charge is 0.330 e. The van der Waals surface area contributed by atoms with E-state index in [2.05, 4.69) is 10.3 Å². The number of allylic oxidation sites excluding steroid dienone is 1. The minimum atomic E-state index is -0.386. The number of carbonyl (C=O) groups is 2. The molecule has 1 N–H and O–H groups in total. The van der Waals surface area contributed by atoms with Gasteiger partial charge in [0.15, 0.2) is 0 Å². The highest BCUT2D eigenvalue weighted by Gasteiger charge is 2.09. The van der Waals surface area contributed by atoms with Crippen molar-refractivity contribution in [1.29, 1.82) is 0 Å². The van der Waals surface area contributed by atoms with E-state index in [1.807, 2.05) is 38.1 Å². The lowest BCUT2D eigenvalue weighted by Gasteiger charge is -2.04. The van der Waals surface area contributed by atoms with Crippen LogP contribution in [0.25, 0.3) is 0 Å². The van der Waals surface area contributed by atoms with E-state index in [9.17, 15) is 9.59 Å². The average Bonchev–Trinajstić information content (AvgIpc) is 3.00. The van der Waals surface area contributed by atoms with Gasteiger partial charge in [0.25, 0.3) is 0 Å². The van der Waals surface area contributed by atoms with Crippen LogP contribution in [0.5, 0.6) is 0 Å². The van der Waals surface area contributed by atoms with Crippen molar-refractivity contribution in [3.63, 3.8) is 0 Å². The molecule has 1 amide bonds. The number of esters is 1. The average molecular weight is 344 g/mol. The lowest BCUT2D eigenvalue weighted by molar-refractivity contribution is -0.139. The third-order valence-electron chi connectivity index (χ3n) is 3.10. The van der Waals surface area contributed by atoms with Crippen molar-refractivity contribution in [2.75, 3.05) is 5.32 Å². The predicted octanol–water partition coefficient (Wildman–Crippen LogP) is 3.64. The van der Waals surface area contributed by atoms with Crippen LogP contribution in [0.2, 0.25) is 0 Å². The van der Waals surface area contributed by atoms with Crippen molar-refractivity contribution in [2.45, 2.75) is 33.3 Å². The zero-order chi connectivity index (χ0) is 17.4. The Bertz CT molecular complexity index is 720. The first-order valence-electron chi connectivity index (χ1n) is 7.70. The fourth-order valence-electron chi connectivity index (χ4n) is 1.88. The summed E-state index contributed by atoms with van der Waals surface area (Å²) in [5.74, 6) is -0.508. The van der Waals surface area contributed by atoms with Gasteiger partial charge in [-0.25, -0.2) is 9.78 Å². The van der Waals surface area contributed by atoms with Crippen LogP contribution in [0.3, 0.4) is 0 Å². The lowest BCUT2D eigenvalue weighted by Crippen LogP contribution is -2.14. The third kappa shape index (κ3) is 5.96. The van der Waals surface area contributed by atoms with Crippen molar-refractivity contribution < 1.29 is 14.3 Å². The molecule has 0 aliphatic heterocycles. The maximum atomic E-state index is 12.0. The summed E-state index contributed by atoms with van der Waals surface area (Å²) in [7, 11) is 0. The summed E-state index contributed by atoms with van der Waals surface area (Å²) in [5.41, 5.74) is 2.55. The second-order valence-electron chi connectivity index (χ2n) is 5.24. The Kier molecular flexibility index (Phi) is 6.69. The number of anilines is 1. The number of ether oxygens (including phenoxy) is 1. The highest BCUT2D eigenvalue weighted by atomic mass is 32.1. The number of amides is 1. The fraction of sp³-hybridized carbons (Fsp3) is 0.278. The molecule has 0 fully saturated rings. The molecule has 0 unspecified atom stereocenters. The van der Waals surface area contributed by atoms with Crippen LogP contribution in [0.15, 0.2) is 41.8 Å². The van der Waals surface area contributed by atoms with Gasteiger partial charge in [-0.15, -0.1) is 11.3 Å². The van der Waals surface area contributed by atoms with Gasteiger partial charge in [0, 0.05) is 17.1 Å². The van der Waals surface area contributed by atoms with E-state index in [4.69, 9.17) is 4.74 Å². The van der Waals surface area contributed by atoms with Crippen molar-refractivity contribution in [3.8, 4) is 0 Å². The number of nitrogens with one attached hydrogen (secondary N) is 1. The molecule has 0 atom stereocenters. The van der Waals surface area contributed by atoms with Crippen molar-refractivity contribution >= 4 is 28.9 Å². The van der Waals surface area contributed by atoms with Gasteiger partial charge in [-0.3, -0.25) is 4.79 Å². The summed E-state index contributed by atoms with van der Waals surface area (Å²) in [4.78, 5) is 27.7. The number of hydrogen-bond donors (Lipinski definition) is 1. The molecule has 0 aliphatic rings. The van der Waals surface area contributed by atoms with E-state index < -0.39 is 0 Å². The van der Waals surface area contributed by atoms with Gasteiger partial charge in [0.2, 0.25) is 5.91 Å². The molecule has 0 saturated carbocycles. The van der Waals surface area contributed by atoms with E-state index >= 15 is 0 Å². The van der Waals surface area contributed by atoms with Crippen LogP contribution < -0.4 is 5.32 Å². The highest BCUT2D eigenvalue weighted by molar-refractivity contribution is 7.09. The van der Waals surface area contributed by atoms with Crippen LogP contribution in [0.1, 0.15) is 29.6 Å². The largest absolute Gasteiger partial charge is 0.456 e. The number of hydrogen-bond acceptors (Lipinski definition) is 5. The van der Waals surface area contributed by atoms with Crippen molar-refractivity contribution in [3.05, 3.63) is 58.1 Å². The molecular formula is C18H20N2O3S. The topological polar surface area (TPSA) is 68.3 Å². The second kappa shape index (κ2) is 8.98. The maximum Gasteiger partial charge on any atom is 0.330 e. The highest BCUT2D eigenvalue weighted by Crippen LogP contribution is 2.14. The Hall–Kier alpha value is -2.47. The number of nitrogens with zero attached hydrogens (tertiary/aromatic N) is 1. The monoisotopic (exact) mass is 344 g/mol. The third-order valence-corrected chi connectivity index (χ3v) is 4.00. The molecule has 0 aliphatic carbocycles. The minimum absolute atomic E-state index is 0.114. The Morgan fingerprint density at radius 2 is 2.04 bits per heavy atom. The van der Waals surface area contributed by atoms with E-state index in [0.717, 1.165) is 17.7 Å². The lowest BCUT2D eigenvalue weighted by atomic mass is 10.2. The number of rotatable bonds is 7. The molecule has 1 aromatic carbocycles. The number of carbonyl (C=O) groups excluding carboxylic acids is 2. The van der Waals surface area contributed by atoms with Gasteiger partial charge < -0.3 is 10.1 Å². The fourth-order valence-corrected chi connectivity index (χ4v) is 2.66. The zero-order valence-electron chi connectivity index (χ0n) is 13.7. The second-order valence-corrected chi connectivity index (χ2v) is 6.18. The number of benzene rings is 1. The van der Waals surface area contributed by atoms with Gasteiger partial charge in [-0.1, -0.05) is 30.7 Å². The van der Waals surface area contributed by atoms with Crippen molar-refractivity contribution in [2.24, 2.45) is 0 Å². The summed E-state index contributed by atoms with van der Waals surface area (Å²) >= 11 is 1.38. The first-order chi connectivity index (χ1) is 11.6. The first-order valence-corrected chi connectivity index (χ1v) is 8.58. The van der Waals surface area contributed by atoms with E-state index in [1.54, 1.807) is 11.5 Å². The molecule has 6 heteroatoms. The number of thiazole rings is 1. The summed E-state index contributed by atoms with van der Waals surface area (Å²) in [6, 6.07) is 7.62. The van der Waals surface area contributed by atoms with Gasteiger partial charge in [0.05, 0.1) is 12.1 Å². The van der Waals surface area contributed by atoms with Gasteiger partial charge in [-0.2, -0.15) is 0 Å². The molecule has 24 heavy (non-hydrogen) atoms. The normalized spacial score (nSPS) is 10.8. The van der Waals surface area contributed by atoms with Crippen LogP contribution in [0.4, 0.5) is 5.69 Å². The molecular weight excluding hydrogens is 324 g/mol. The van der Waals surface area contributed by atoms with E-state index in [0.29, 0.717) is 10.7 Å². The Labute approximate surface area is 145 Å². The van der Waals surface area contributed by atoms with E-state index in [1.165, 1.54) is 17.4 Å². The van der Waals surface area contributed by atoms with Crippen LogP contribution >= 0.6 is 11.3 Å². The van der Waals surface area contributed by atoms with Gasteiger partial charge in [-0.05, 0) is 25.5 Å². The molecule has 0 saturated heterocycles. The summed E-state index contributed by atoms with van der Waals surface area (Å²) < 4.78 is 5.07. The zero-order valence-corrected chi connectivity index (χ0v) is 14.6. The molecule has 0 radical (unpaired) electrons. The van der Waals surface area contributed by atoms with Gasteiger partial charge in [0.1, 0.15) is 11.6 Å². The van der Waals surface area contributed by atoms with Crippen LogP contribution in [-0.2, 0) is 27.4 Å². The Morgan fingerprint density at radius 3 is 2.75 bits per heavy atom. The number of aromatic nitrogens is 1. The summed E-state index contributed by atoms with van der Waals surface area (Å²) in [6.07, 6.45) is 4.13. The molecule has 0 bridgehead atoms.